The van der Waals surface area contributed by atoms with Crippen molar-refractivity contribution in [2.45, 2.75) is 0 Å². The first-order valence-electron chi connectivity index (χ1n) is 12.9. The van der Waals surface area contributed by atoms with Gasteiger partial charge in [-0.2, -0.15) is 5.10 Å². The SMILES string of the molecule is COc1ccc(-c2cc(C(=O)N3CCN(C/C=C/c4ccccc4)CC3)n(-c3ccc(F)cc3)n2)c(OC)c1. The summed E-state index contributed by atoms with van der Waals surface area (Å²) in [6.07, 6.45) is 4.28. The molecule has 5 rings (SSSR count). The Balaban J connectivity index is 1.36. The molecular weight excluding hydrogens is 495 g/mol. The van der Waals surface area contributed by atoms with Crippen LogP contribution in [-0.4, -0.2) is 72.4 Å². The third kappa shape index (κ3) is 6.02. The lowest BCUT2D eigenvalue weighted by molar-refractivity contribution is 0.0641. The first kappa shape index (κ1) is 26.2. The average molecular weight is 527 g/mol. The molecule has 0 spiro atoms. The Morgan fingerprint density at radius 2 is 1.67 bits per heavy atom. The summed E-state index contributed by atoms with van der Waals surface area (Å²) in [6, 6.07) is 23.4. The molecule has 0 N–H and O–H groups in total. The highest BCUT2D eigenvalue weighted by Gasteiger charge is 2.26. The Labute approximate surface area is 227 Å². The van der Waals surface area contributed by atoms with E-state index in [2.05, 4.69) is 29.2 Å². The van der Waals surface area contributed by atoms with E-state index in [0.29, 0.717) is 41.7 Å². The van der Waals surface area contributed by atoms with Crippen LogP contribution in [0.4, 0.5) is 4.39 Å². The third-order valence-electron chi connectivity index (χ3n) is 6.82. The monoisotopic (exact) mass is 526 g/mol. The quantitative estimate of drug-likeness (QED) is 0.317. The van der Waals surface area contributed by atoms with Crippen LogP contribution in [-0.2, 0) is 0 Å². The molecule has 0 saturated carbocycles. The summed E-state index contributed by atoms with van der Waals surface area (Å²) >= 11 is 0. The number of nitrogens with zero attached hydrogens (tertiary/aromatic N) is 4. The van der Waals surface area contributed by atoms with Gasteiger partial charge in [-0.3, -0.25) is 9.69 Å². The molecule has 200 valence electrons. The number of rotatable bonds is 8. The topological polar surface area (TPSA) is 59.8 Å². The van der Waals surface area contributed by atoms with Gasteiger partial charge in [0.05, 0.1) is 25.6 Å². The van der Waals surface area contributed by atoms with Crippen LogP contribution in [0.5, 0.6) is 11.5 Å². The second-order valence-corrected chi connectivity index (χ2v) is 9.28. The highest BCUT2D eigenvalue weighted by Crippen LogP contribution is 2.34. The molecule has 4 aromatic rings. The molecule has 2 heterocycles. The maximum absolute atomic E-state index is 13.8. The van der Waals surface area contributed by atoms with Crippen molar-refractivity contribution in [3.05, 3.63) is 102 Å². The molecule has 0 bridgehead atoms. The molecule has 1 saturated heterocycles. The molecule has 0 unspecified atom stereocenters. The number of carbonyl (C=O) groups is 1. The number of hydrogen-bond acceptors (Lipinski definition) is 5. The van der Waals surface area contributed by atoms with E-state index in [4.69, 9.17) is 14.6 Å². The number of benzene rings is 3. The van der Waals surface area contributed by atoms with Crippen LogP contribution in [0.15, 0.2) is 84.9 Å². The predicted octanol–water partition coefficient (Wildman–Crippen LogP) is 5.17. The Hall–Kier alpha value is -4.43. The minimum atomic E-state index is -0.353. The van der Waals surface area contributed by atoms with Crippen molar-refractivity contribution in [3.63, 3.8) is 0 Å². The Bertz CT molecular complexity index is 1440. The maximum Gasteiger partial charge on any atom is 0.272 e. The molecule has 8 heteroatoms. The average Bonchev–Trinajstić information content (AvgIpc) is 3.43. The summed E-state index contributed by atoms with van der Waals surface area (Å²) < 4.78 is 26.1. The molecule has 1 aliphatic heterocycles. The Kier molecular flexibility index (Phi) is 8.03. The largest absolute Gasteiger partial charge is 0.497 e. The summed E-state index contributed by atoms with van der Waals surface area (Å²) in [5.41, 5.74) is 3.48. The zero-order valence-electron chi connectivity index (χ0n) is 22.1. The molecule has 0 aliphatic carbocycles. The van der Waals surface area contributed by atoms with Gasteiger partial charge in [-0.05, 0) is 48.0 Å². The lowest BCUT2D eigenvalue weighted by Gasteiger charge is -2.34. The molecule has 0 atom stereocenters. The van der Waals surface area contributed by atoms with Crippen LogP contribution >= 0.6 is 0 Å². The van der Waals surface area contributed by atoms with Crippen molar-refractivity contribution in [1.82, 2.24) is 19.6 Å². The van der Waals surface area contributed by atoms with E-state index >= 15 is 0 Å². The number of carbonyl (C=O) groups excluding carboxylic acids is 1. The summed E-state index contributed by atoms with van der Waals surface area (Å²) in [7, 11) is 3.17. The highest BCUT2D eigenvalue weighted by molar-refractivity contribution is 5.94. The Morgan fingerprint density at radius 1 is 0.923 bits per heavy atom. The lowest BCUT2D eigenvalue weighted by atomic mass is 10.1. The van der Waals surface area contributed by atoms with Crippen molar-refractivity contribution in [2.24, 2.45) is 0 Å². The molecule has 39 heavy (non-hydrogen) atoms. The number of ether oxygens (including phenoxy) is 2. The fraction of sp³-hybridized carbons (Fsp3) is 0.226. The zero-order valence-corrected chi connectivity index (χ0v) is 22.1. The summed E-state index contributed by atoms with van der Waals surface area (Å²) in [5, 5.41) is 4.75. The molecule has 3 aromatic carbocycles. The van der Waals surface area contributed by atoms with Crippen molar-refractivity contribution in [1.29, 1.82) is 0 Å². The molecule has 1 aliphatic rings. The van der Waals surface area contributed by atoms with Gasteiger partial charge < -0.3 is 14.4 Å². The lowest BCUT2D eigenvalue weighted by Crippen LogP contribution is -2.49. The Morgan fingerprint density at radius 3 is 2.36 bits per heavy atom. The van der Waals surface area contributed by atoms with E-state index < -0.39 is 0 Å². The summed E-state index contributed by atoms with van der Waals surface area (Å²) in [6.45, 7) is 3.58. The number of halogens is 1. The van der Waals surface area contributed by atoms with Gasteiger partial charge in [0.25, 0.3) is 5.91 Å². The molecule has 1 aromatic heterocycles. The van der Waals surface area contributed by atoms with Gasteiger partial charge in [-0.1, -0.05) is 42.5 Å². The standard InChI is InChI=1S/C31H31FN4O3/c1-38-26-14-15-27(30(21-26)39-2)28-22-29(36(33-28)25-12-10-24(32)11-13-25)31(37)35-19-17-34(18-20-35)16-6-9-23-7-4-3-5-8-23/h3-15,21-22H,16-20H2,1-2H3/b9-6+. The van der Waals surface area contributed by atoms with E-state index in [-0.39, 0.29) is 11.7 Å². The van der Waals surface area contributed by atoms with Gasteiger partial charge in [0.2, 0.25) is 0 Å². The smallest absolute Gasteiger partial charge is 0.272 e. The summed E-state index contributed by atoms with van der Waals surface area (Å²) in [5.74, 6) is 0.758. The maximum atomic E-state index is 13.8. The van der Waals surface area contributed by atoms with Crippen LogP contribution in [0.1, 0.15) is 16.1 Å². The number of piperazine rings is 1. The van der Waals surface area contributed by atoms with E-state index in [1.165, 1.54) is 17.7 Å². The van der Waals surface area contributed by atoms with Gasteiger partial charge >= 0.3 is 0 Å². The van der Waals surface area contributed by atoms with Gasteiger partial charge in [-0.15, -0.1) is 0 Å². The first-order valence-corrected chi connectivity index (χ1v) is 12.9. The van der Waals surface area contributed by atoms with Crippen LogP contribution in [0.2, 0.25) is 0 Å². The van der Waals surface area contributed by atoms with Crippen molar-refractivity contribution < 1.29 is 18.7 Å². The fourth-order valence-electron chi connectivity index (χ4n) is 4.65. The van der Waals surface area contributed by atoms with E-state index in [1.807, 2.05) is 35.2 Å². The molecular formula is C31H31FN4O3. The van der Waals surface area contributed by atoms with E-state index in [9.17, 15) is 9.18 Å². The van der Waals surface area contributed by atoms with Crippen LogP contribution in [0.25, 0.3) is 23.0 Å². The van der Waals surface area contributed by atoms with Crippen molar-refractivity contribution in [3.8, 4) is 28.4 Å². The minimum absolute atomic E-state index is 0.120. The number of methoxy groups -OCH3 is 2. The molecule has 1 amide bonds. The fourth-order valence-corrected chi connectivity index (χ4v) is 4.65. The second kappa shape index (κ2) is 12.0. The van der Waals surface area contributed by atoms with Crippen molar-refractivity contribution >= 4 is 12.0 Å². The number of hydrogen-bond donors (Lipinski definition) is 0. The van der Waals surface area contributed by atoms with Crippen molar-refractivity contribution in [2.75, 3.05) is 46.9 Å². The second-order valence-electron chi connectivity index (χ2n) is 9.28. The predicted molar refractivity (Wildman–Crippen MR) is 150 cm³/mol. The van der Waals surface area contributed by atoms with Crippen LogP contribution < -0.4 is 9.47 Å². The molecule has 7 nitrogen and oxygen atoms in total. The number of amides is 1. The molecule has 1 fully saturated rings. The first-order chi connectivity index (χ1) is 19.1. The van der Waals surface area contributed by atoms with Gasteiger partial charge in [-0.25, -0.2) is 9.07 Å². The van der Waals surface area contributed by atoms with E-state index in [0.717, 1.165) is 25.2 Å². The summed E-state index contributed by atoms with van der Waals surface area (Å²) in [4.78, 5) is 18.0. The van der Waals surface area contributed by atoms with Crippen LogP contribution in [0, 0.1) is 5.82 Å². The van der Waals surface area contributed by atoms with Gasteiger partial charge in [0, 0.05) is 44.4 Å². The number of aromatic nitrogens is 2. The zero-order chi connectivity index (χ0) is 27.2. The van der Waals surface area contributed by atoms with Crippen LogP contribution in [0.3, 0.4) is 0 Å². The minimum Gasteiger partial charge on any atom is -0.497 e. The highest BCUT2D eigenvalue weighted by atomic mass is 19.1. The van der Waals surface area contributed by atoms with Gasteiger partial charge in [0.15, 0.2) is 0 Å². The normalized spacial score (nSPS) is 14.1. The van der Waals surface area contributed by atoms with E-state index in [1.54, 1.807) is 43.2 Å². The third-order valence-corrected chi connectivity index (χ3v) is 6.82. The van der Waals surface area contributed by atoms with Gasteiger partial charge in [0.1, 0.15) is 23.0 Å². The molecule has 0 radical (unpaired) electrons.